The highest BCUT2D eigenvalue weighted by molar-refractivity contribution is 6.35. The number of fused-ring (bicyclic) bond motifs is 1. The van der Waals surface area contributed by atoms with Gasteiger partial charge in [-0.1, -0.05) is 12.1 Å². The van der Waals surface area contributed by atoms with Crippen molar-refractivity contribution in [2.45, 2.75) is 0 Å². The first-order valence-corrected chi connectivity index (χ1v) is 6.68. The molecule has 2 amide bonds. The molecule has 0 saturated carbocycles. The van der Waals surface area contributed by atoms with Crippen molar-refractivity contribution in [1.82, 2.24) is 20.6 Å². The molecule has 1 aliphatic rings. The highest BCUT2D eigenvalue weighted by Gasteiger charge is 2.37. The number of nitrogens with one attached hydrogen (secondary N) is 1. The van der Waals surface area contributed by atoms with Gasteiger partial charge >= 0.3 is 0 Å². The Bertz CT molecular complexity index is 904. The van der Waals surface area contributed by atoms with Gasteiger partial charge in [0.25, 0.3) is 11.8 Å². The first-order valence-electron chi connectivity index (χ1n) is 6.68. The van der Waals surface area contributed by atoms with Crippen LogP contribution in [0.3, 0.4) is 0 Å². The van der Waals surface area contributed by atoms with Gasteiger partial charge in [-0.2, -0.15) is 0 Å². The number of aromatic nitrogens is 4. The second-order valence-corrected chi connectivity index (χ2v) is 4.90. The number of nitrogens with zero attached hydrogens (tertiary/aromatic N) is 4. The zero-order chi connectivity index (χ0) is 16.0. The fourth-order valence-electron chi connectivity index (χ4n) is 2.57. The first kappa shape index (κ1) is 13.3. The number of imide groups is 1. The molecule has 0 atom stereocenters. The van der Waals surface area contributed by atoms with Crippen LogP contribution in [0.1, 0.15) is 20.7 Å². The predicted octanol–water partition coefficient (Wildman–Crippen LogP) is 1.81. The predicted molar refractivity (Wildman–Crippen MR) is 77.2 cm³/mol. The number of anilines is 1. The number of carbonyl (C=O) groups is 2. The summed E-state index contributed by atoms with van der Waals surface area (Å²) < 4.78 is 13.6. The molecule has 4 rings (SSSR count). The van der Waals surface area contributed by atoms with Crippen molar-refractivity contribution in [3.63, 3.8) is 0 Å². The summed E-state index contributed by atoms with van der Waals surface area (Å²) in [6.45, 7) is 0. The number of carbonyl (C=O) groups excluding carboxylic acids is 2. The molecule has 0 unspecified atom stereocenters. The van der Waals surface area contributed by atoms with Gasteiger partial charge in [-0.15, -0.1) is 5.10 Å². The summed E-state index contributed by atoms with van der Waals surface area (Å²) in [7, 11) is 0. The number of halogens is 1. The topological polar surface area (TPSA) is 91.8 Å². The van der Waals surface area contributed by atoms with Gasteiger partial charge in [0.05, 0.1) is 16.8 Å². The number of benzene rings is 2. The van der Waals surface area contributed by atoms with E-state index in [1.165, 1.54) is 18.2 Å². The van der Waals surface area contributed by atoms with Crippen molar-refractivity contribution in [2.75, 3.05) is 4.90 Å². The average Bonchev–Trinajstić information content (AvgIpc) is 3.17. The number of tetrazole rings is 1. The van der Waals surface area contributed by atoms with Crippen molar-refractivity contribution in [1.29, 1.82) is 0 Å². The molecule has 1 N–H and O–H groups in total. The number of aromatic amines is 1. The standard InChI is InChI=1S/C15H8FN5O2/c16-8-5-6-12(11(7-8)13-17-19-20-18-13)21-14(22)9-3-1-2-4-10(9)15(21)23/h1-7H,(H,17,18,19,20). The van der Waals surface area contributed by atoms with Crippen LogP contribution < -0.4 is 4.90 Å². The van der Waals surface area contributed by atoms with E-state index in [1.54, 1.807) is 24.3 Å². The van der Waals surface area contributed by atoms with Gasteiger partial charge in [0.2, 0.25) is 0 Å². The van der Waals surface area contributed by atoms with Crippen LogP contribution in [0.2, 0.25) is 0 Å². The summed E-state index contributed by atoms with van der Waals surface area (Å²) in [5.41, 5.74) is 1.06. The number of rotatable bonds is 2. The minimum absolute atomic E-state index is 0.163. The summed E-state index contributed by atoms with van der Waals surface area (Å²) in [5.74, 6) is -1.30. The molecule has 112 valence electrons. The van der Waals surface area contributed by atoms with Crippen LogP contribution in [-0.2, 0) is 0 Å². The SMILES string of the molecule is O=C1c2ccccc2C(=O)N1c1ccc(F)cc1-c1nnn[nH]1. The van der Waals surface area contributed by atoms with E-state index in [0.29, 0.717) is 11.1 Å². The number of amides is 2. The van der Waals surface area contributed by atoms with Crippen LogP contribution in [0.5, 0.6) is 0 Å². The summed E-state index contributed by atoms with van der Waals surface area (Å²) in [6, 6.07) is 10.2. The molecular formula is C15H8FN5O2. The molecule has 0 radical (unpaired) electrons. The van der Waals surface area contributed by atoms with Crippen LogP contribution in [-0.4, -0.2) is 32.4 Å². The second-order valence-electron chi connectivity index (χ2n) is 4.90. The molecule has 0 aliphatic carbocycles. The summed E-state index contributed by atoms with van der Waals surface area (Å²) in [4.78, 5) is 26.1. The quantitative estimate of drug-likeness (QED) is 0.729. The molecule has 23 heavy (non-hydrogen) atoms. The zero-order valence-corrected chi connectivity index (χ0v) is 11.5. The van der Waals surface area contributed by atoms with Crippen molar-refractivity contribution >= 4 is 17.5 Å². The van der Waals surface area contributed by atoms with Crippen molar-refractivity contribution < 1.29 is 14.0 Å². The van der Waals surface area contributed by atoms with Crippen LogP contribution in [0.4, 0.5) is 10.1 Å². The van der Waals surface area contributed by atoms with Crippen molar-refractivity contribution in [3.8, 4) is 11.4 Å². The highest BCUT2D eigenvalue weighted by atomic mass is 19.1. The van der Waals surface area contributed by atoms with Gasteiger partial charge in [-0.3, -0.25) is 9.59 Å². The van der Waals surface area contributed by atoms with Gasteiger partial charge in [0.1, 0.15) is 5.82 Å². The number of H-pyrrole nitrogens is 1. The van der Waals surface area contributed by atoms with Crippen LogP contribution >= 0.6 is 0 Å². The largest absolute Gasteiger partial charge is 0.268 e. The van der Waals surface area contributed by atoms with E-state index < -0.39 is 17.6 Å². The Morgan fingerprint density at radius 2 is 1.65 bits per heavy atom. The number of hydrogen-bond acceptors (Lipinski definition) is 5. The van der Waals surface area contributed by atoms with Gasteiger partial charge in [-0.05, 0) is 40.8 Å². The van der Waals surface area contributed by atoms with Gasteiger partial charge in [0.15, 0.2) is 5.82 Å². The third-order valence-electron chi connectivity index (χ3n) is 3.59. The average molecular weight is 309 g/mol. The lowest BCUT2D eigenvalue weighted by molar-refractivity contribution is 0.0926. The summed E-state index contributed by atoms with van der Waals surface area (Å²) in [5, 5.41) is 13.1. The molecule has 0 spiro atoms. The number of hydrogen-bond donors (Lipinski definition) is 1. The summed E-state index contributed by atoms with van der Waals surface area (Å²) in [6.07, 6.45) is 0. The van der Waals surface area contributed by atoms with E-state index in [9.17, 15) is 14.0 Å². The Labute approximate surface area is 128 Å². The monoisotopic (exact) mass is 309 g/mol. The van der Waals surface area contributed by atoms with Crippen LogP contribution in [0, 0.1) is 5.82 Å². The molecule has 0 bridgehead atoms. The zero-order valence-electron chi connectivity index (χ0n) is 11.5. The van der Waals surface area contributed by atoms with E-state index in [2.05, 4.69) is 20.6 Å². The maximum Gasteiger partial charge on any atom is 0.266 e. The second kappa shape index (κ2) is 4.80. The Morgan fingerprint density at radius 1 is 0.957 bits per heavy atom. The molecule has 2 aromatic carbocycles. The molecule has 3 aromatic rings. The van der Waals surface area contributed by atoms with E-state index in [1.807, 2.05) is 0 Å². The fourth-order valence-corrected chi connectivity index (χ4v) is 2.57. The lowest BCUT2D eigenvalue weighted by Crippen LogP contribution is -2.30. The minimum Gasteiger partial charge on any atom is -0.268 e. The normalized spacial score (nSPS) is 13.5. The lowest BCUT2D eigenvalue weighted by atomic mass is 10.1. The molecule has 0 saturated heterocycles. The van der Waals surface area contributed by atoms with Gasteiger partial charge in [-0.25, -0.2) is 14.4 Å². The van der Waals surface area contributed by atoms with E-state index >= 15 is 0 Å². The lowest BCUT2D eigenvalue weighted by Gasteiger charge is -2.17. The molecule has 1 aliphatic heterocycles. The van der Waals surface area contributed by atoms with Crippen molar-refractivity contribution in [2.24, 2.45) is 0 Å². The molecule has 0 fully saturated rings. The smallest absolute Gasteiger partial charge is 0.266 e. The maximum absolute atomic E-state index is 13.6. The minimum atomic E-state index is -0.531. The van der Waals surface area contributed by atoms with Crippen LogP contribution in [0.25, 0.3) is 11.4 Å². The first-order chi connectivity index (χ1) is 11.2. The third-order valence-corrected chi connectivity index (χ3v) is 3.59. The third kappa shape index (κ3) is 1.92. The Morgan fingerprint density at radius 3 is 2.26 bits per heavy atom. The van der Waals surface area contributed by atoms with Gasteiger partial charge < -0.3 is 0 Å². The Hall–Kier alpha value is -3.42. The highest BCUT2D eigenvalue weighted by Crippen LogP contribution is 2.34. The summed E-state index contributed by atoms with van der Waals surface area (Å²) >= 11 is 0. The van der Waals surface area contributed by atoms with Crippen LogP contribution in [0.15, 0.2) is 42.5 Å². The Balaban J connectivity index is 1.90. The molecule has 7 nitrogen and oxygen atoms in total. The van der Waals surface area contributed by atoms with E-state index in [4.69, 9.17) is 0 Å². The molecule has 2 heterocycles. The Kier molecular flexibility index (Phi) is 2.77. The van der Waals surface area contributed by atoms with E-state index in [0.717, 1.165) is 4.90 Å². The van der Waals surface area contributed by atoms with Crippen molar-refractivity contribution in [3.05, 3.63) is 59.4 Å². The molecule has 8 heteroatoms. The molecular weight excluding hydrogens is 301 g/mol. The maximum atomic E-state index is 13.6. The van der Waals surface area contributed by atoms with E-state index in [-0.39, 0.29) is 17.1 Å². The molecule has 1 aromatic heterocycles. The van der Waals surface area contributed by atoms with Gasteiger partial charge in [0, 0.05) is 5.56 Å². The fraction of sp³-hybridized carbons (Fsp3) is 0.